The summed E-state index contributed by atoms with van der Waals surface area (Å²) in [6.45, 7) is 4.94. The lowest BCUT2D eigenvalue weighted by Gasteiger charge is -2.49. The van der Waals surface area contributed by atoms with Crippen molar-refractivity contribution in [2.24, 2.45) is 0 Å². The van der Waals surface area contributed by atoms with Crippen LogP contribution in [0.5, 0.6) is 0 Å². The van der Waals surface area contributed by atoms with Gasteiger partial charge in [-0.3, -0.25) is 0 Å². The van der Waals surface area contributed by atoms with Crippen LogP contribution in [0, 0.1) is 0 Å². The van der Waals surface area contributed by atoms with E-state index < -0.39 is 10.2 Å². The smallest absolute Gasteiger partial charge is 0.281 e. The maximum atomic E-state index is 12.5. The van der Waals surface area contributed by atoms with E-state index in [4.69, 9.17) is 0 Å². The summed E-state index contributed by atoms with van der Waals surface area (Å²) in [6, 6.07) is 0. The number of likely N-dealkylation sites (N-methyl/N-ethyl adjacent to an activating group) is 2. The number of hydrogen-bond donors (Lipinski definition) is 1. The molecule has 126 valence electrons. The molecule has 0 radical (unpaired) electrons. The molecule has 0 unspecified atom stereocenters. The summed E-state index contributed by atoms with van der Waals surface area (Å²) < 4.78 is 28.1. The average Bonchev–Trinajstić information content (AvgIpc) is 2.37. The monoisotopic (exact) mass is 320 g/mol. The van der Waals surface area contributed by atoms with Crippen molar-refractivity contribution in [1.29, 1.82) is 0 Å². The number of hydrogen-bond acceptors (Lipinski definition) is 4. The Morgan fingerprint density at radius 1 is 1.10 bits per heavy atom. The second-order valence-electron chi connectivity index (χ2n) is 6.26. The molecule has 6 nitrogen and oxygen atoms in total. The fraction of sp³-hybridized carbons (Fsp3) is 1.00. The molecule has 0 saturated heterocycles. The molecule has 0 aromatic rings. The van der Waals surface area contributed by atoms with Crippen LogP contribution in [0.4, 0.5) is 0 Å². The Hall–Kier alpha value is -0.210. The molecule has 1 saturated carbocycles. The predicted molar refractivity (Wildman–Crippen MR) is 87.6 cm³/mol. The van der Waals surface area contributed by atoms with Crippen LogP contribution in [0.3, 0.4) is 0 Å². The maximum absolute atomic E-state index is 12.5. The van der Waals surface area contributed by atoms with E-state index in [9.17, 15) is 8.42 Å². The van der Waals surface area contributed by atoms with E-state index in [0.29, 0.717) is 13.1 Å². The van der Waals surface area contributed by atoms with E-state index in [1.54, 1.807) is 14.1 Å². The molecule has 0 spiro atoms. The quantitative estimate of drug-likeness (QED) is 0.598. The van der Waals surface area contributed by atoms with Crippen molar-refractivity contribution in [3.05, 3.63) is 0 Å². The van der Waals surface area contributed by atoms with Crippen molar-refractivity contribution in [2.45, 2.75) is 38.1 Å². The van der Waals surface area contributed by atoms with Gasteiger partial charge in [-0.2, -0.15) is 17.0 Å². The highest BCUT2D eigenvalue weighted by atomic mass is 32.2. The van der Waals surface area contributed by atoms with Crippen LogP contribution in [0.2, 0.25) is 0 Å². The Balaban J connectivity index is 2.56. The first kappa shape index (κ1) is 18.8. The zero-order chi connectivity index (χ0) is 16.1. The Morgan fingerprint density at radius 2 is 1.71 bits per heavy atom. The van der Waals surface area contributed by atoms with Gasteiger partial charge in [-0.25, -0.2) is 0 Å². The molecule has 1 aliphatic rings. The van der Waals surface area contributed by atoms with Crippen LogP contribution in [0.1, 0.15) is 32.6 Å². The minimum Gasteiger partial charge on any atom is -0.317 e. The molecule has 1 fully saturated rings. The maximum Gasteiger partial charge on any atom is 0.281 e. The fourth-order valence-corrected chi connectivity index (χ4v) is 4.02. The van der Waals surface area contributed by atoms with Crippen molar-refractivity contribution >= 4 is 10.2 Å². The molecule has 7 heteroatoms. The van der Waals surface area contributed by atoms with Crippen LogP contribution >= 0.6 is 0 Å². The molecule has 0 heterocycles. The van der Waals surface area contributed by atoms with Gasteiger partial charge in [-0.1, -0.05) is 6.92 Å². The Labute approximate surface area is 130 Å². The molecular formula is C14H32N4O2S. The largest absolute Gasteiger partial charge is 0.317 e. The van der Waals surface area contributed by atoms with E-state index in [-0.39, 0.29) is 5.54 Å². The van der Waals surface area contributed by atoms with Crippen molar-refractivity contribution < 1.29 is 8.42 Å². The third-order valence-electron chi connectivity index (χ3n) is 4.61. The van der Waals surface area contributed by atoms with E-state index >= 15 is 0 Å². The molecule has 0 aromatic carbocycles. The summed E-state index contributed by atoms with van der Waals surface area (Å²) in [5.74, 6) is 0. The summed E-state index contributed by atoms with van der Waals surface area (Å²) in [7, 11) is 4.09. The zero-order valence-electron chi connectivity index (χ0n) is 14.2. The summed E-state index contributed by atoms with van der Waals surface area (Å²) in [4.78, 5) is 2.17. The van der Waals surface area contributed by atoms with E-state index in [1.807, 2.05) is 21.0 Å². The molecule has 0 bridgehead atoms. The first-order valence-electron chi connectivity index (χ1n) is 7.82. The van der Waals surface area contributed by atoms with E-state index in [1.165, 1.54) is 15.0 Å². The molecule has 21 heavy (non-hydrogen) atoms. The van der Waals surface area contributed by atoms with Crippen LogP contribution in [-0.4, -0.2) is 81.8 Å². The van der Waals surface area contributed by atoms with Crippen LogP contribution < -0.4 is 5.32 Å². The molecular weight excluding hydrogens is 288 g/mol. The third-order valence-corrected chi connectivity index (χ3v) is 6.50. The standard InChI is InChI=1S/C14H32N4O2S/c1-6-15-11-8-12-17(4)21(19,20)18(5)13-14(16(2)3)9-7-10-14/h15H,6-13H2,1-5H3. The van der Waals surface area contributed by atoms with Gasteiger partial charge in [0.15, 0.2) is 0 Å². The molecule has 0 amide bonds. The van der Waals surface area contributed by atoms with Crippen molar-refractivity contribution in [2.75, 3.05) is 54.4 Å². The summed E-state index contributed by atoms with van der Waals surface area (Å²) in [5, 5.41) is 3.21. The van der Waals surface area contributed by atoms with Gasteiger partial charge in [0.2, 0.25) is 0 Å². The lowest BCUT2D eigenvalue weighted by molar-refractivity contribution is 0.0444. The minimum absolute atomic E-state index is 0.0203. The van der Waals surface area contributed by atoms with Gasteiger partial charge in [0.05, 0.1) is 0 Å². The van der Waals surface area contributed by atoms with Crippen molar-refractivity contribution in [3.8, 4) is 0 Å². The van der Waals surface area contributed by atoms with Gasteiger partial charge in [0.1, 0.15) is 0 Å². The van der Waals surface area contributed by atoms with E-state index in [2.05, 4.69) is 10.2 Å². The first-order valence-corrected chi connectivity index (χ1v) is 9.22. The molecule has 1 N–H and O–H groups in total. The molecule has 1 aliphatic carbocycles. The minimum atomic E-state index is -3.36. The highest BCUT2D eigenvalue weighted by Gasteiger charge is 2.42. The highest BCUT2D eigenvalue weighted by Crippen LogP contribution is 2.37. The predicted octanol–water partition coefficient (Wildman–Crippen LogP) is 0.579. The Bertz CT molecular complexity index is 407. The summed E-state index contributed by atoms with van der Waals surface area (Å²) >= 11 is 0. The van der Waals surface area contributed by atoms with Crippen molar-refractivity contribution in [3.63, 3.8) is 0 Å². The molecule has 0 atom stereocenters. The number of nitrogens with one attached hydrogen (secondary N) is 1. The number of nitrogens with zero attached hydrogens (tertiary/aromatic N) is 3. The average molecular weight is 321 g/mol. The SMILES string of the molecule is CCNCCCN(C)S(=O)(=O)N(C)CC1(N(C)C)CCC1. The fourth-order valence-electron chi connectivity index (χ4n) is 2.78. The normalized spacial score (nSPS) is 18.5. The Morgan fingerprint density at radius 3 is 2.14 bits per heavy atom. The van der Waals surface area contributed by atoms with Gasteiger partial charge in [-0.05, 0) is 52.9 Å². The summed E-state index contributed by atoms with van der Waals surface area (Å²) in [5.41, 5.74) is 0.0203. The zero-order valence-corrected chi connectivity index (χ0v) is 15.0. The molecule has 0 aromatic heterocycles. The Kier molecular flexibility index (Phi) is 7.06. The van der Waals surface area contributed by atoms with Crippen LogP contribution in [0.15, 0.2) is 0 Å². The van der Waals surface area contributed by atoms with Gasteiger partial charge in [-0.15, -0.1) is 0 Å². The van der Waals surface area contributed by atoms with Crippen molar-refractivity contribution in [1.82, 2.24) is 18.8 Å². The molecule has 1 rings (SSSR count). The highest BCUT2D eigenvalue weighted by molar-refractivity contribution is 7.86. The lowest BCUT2D eigenvalue weighted by Crippen LogP contribution is -2.58. The topological polar surface area (TPSA) is 55.9 Å². The van der Waals surface area contributed by atoms with Gasteiger partial charge in [0, 0.05) is 32.7 Å². The lowest BCUT2D eigenvalue weighted by atomic mass is 9.75. The first-order chi connectivity index (χ1) is 9.76. The summed E-state index contributed by atoms with van der Waals surface area (Å²) in [6.07, 6.45) is 4.16. The number of rotatable bonds is 10. The second kappa shape index (κ2) is 7.87. The second-order valence-corrected chi connectivity index (χ2v) is 8.41. The van der Waals surface area contributed by atoms with Gasteiger partial charge < -0.3 is 10.2 Å². The van der Waals surface area contributed by atoms with Crippen LogP contribution in [-0.2, 0) is 10.2 Å². The third kappa shape index (κ3) is 4.63. The molecule has 0 aliphatic heterocycles. The van der Waals surface area contributed by atoms with Gasteiger partial charge >= 0.3 is 0 Å². The van der Waals surface area contributed by atoms with Gasteiger partial charge in [0.25, 0.3) is 10.2 Å². The van der Waals surface area contributed by atoms with E-state index in [0.717, 1.165) is 32.4 Å². The van der Waals surface area contributed by atoms with Crippen LogP contribution in [0.25, 0.3) is 0 Å².